The smallest absolute Gasteiger partial charge is 0.376 e. The van der Waals surface area contributed by atoms with Crippen LogP contribution in [-0.4, -0.2) is 57.6 Å². The zero-order valence-electron chi connectivity index (χ0n) is 20.7. The Morgan fingerprint density at radius 2 is 1.82 bits per heavy atom. The maximum absolute atomic E-state index is 13.3. The summed E-state index contributed by atoms with van der Waals surface area (Å²) in [6.45, 7) is 1.88. The van der Waals surface area contributed by atoms with Crippen LogP contribution in [0.2, 0.25) is 0 Å². The summed E-state index contributed by atoms with van der Waals surface area (Å²) in [5.41, 5.74) is -3.66. The van der Waals surface area contributed by atoms with Gasteiger partial charge in [-0.25, -0.2) is 8.42 Å². The van der Waals surface area contributed by atoms with Gasteiger partial charge in [-0.2, -0.15) is 25.9 Å². The fourth-order valence-corrected chi connectivity index (χ4v) is 6.66. The van der Waals surface area contributed by atoms with Gasteiger partial charge < -0.3 is 14.8 Å². The number of nitrogens with one attached hydrogen (secondary N) is 2. The Labute approximate surface area is 223 Å². The molecule has 212 valence electrons. The number of nitrogens with zero attached hydrogens (tertiary/aromatic N) is 1. The normalized spacial score (nSPS) is 20.6. The van der Waals surface area contributed by atoms with E-state index in [-0.39, 0.29) is 18.0 Å². The largest absolute Gasteiger partial charge is 0.534 e. The number of amides is 2. The van der Waals surface area contributed by atoms with Crippen LogP contribution in [0.15, 0.2) is 47.4 Å². The van der Waals surface area contributed by atoms with Crippen molar-refractivity contribution in [2.24, 2.45) is 0 Å². The highest BCUT2D eigenvalue weighted by Crippen LogP contribution is 2.34. The van der Waals surface area contributed by atoms with Gasteiger partial charge in [-0.15, -0.1) is 0 Å². The molecule has 2 aliphatic rings. The van der Waals surface area contributed by atoms with Gasteiger partial charge >= 0.3 is 15.6 Å². The van der Waals surface area contributed by atoms with E-state index in [0.717, 1.165) is 15.9 Å². The second kappa shape index (κ2) is 10.8. The number of benzene rings is 2. The van der Waals surface area contributed by atoms with Crippen LogP contribution in [0.1, 0.15) is 42.0 Å². The molecule has 10 nitrogen and oxygen atoms in total. The Morgan fingerprint density at radius 3 is 2.49 bits per heavy atom. The third-order valence-electron chi connectivity index (χ3n) is 6.54. The summed E-state index contributed by atoms with van der Waals surface area (Å²) in [4.78, 5) is 25.7. The van der Waals surface area contributed by atoms with Gasteiger partial charge in [0, 0.05) is 13.1 Å². The molecule has 39 heavy (non-hydrogen) atoms. The van der Waals surface area contributed by atoms with E-state index >= 15 is 0 Å². The van der Waals surface area contributed by atoms with Crippen molar-refractivity contribution in [1.29, 1.82) is 0 Å². The van der Waals surface area contributed by atoms with Gasteiger partial charge in [0.1, 0.15) is 11.8 Å². The molecule has 1 heterocycles. The van der Waals surface area contributed by atoms with Crippen molar-refractivity contribution < 1.29 is 43.8 Å². The molecule has 0 spiro atoms. The first-order valence-electron chi connectivity index (χ1n) is 12.0. The zero-order chi connectivity index (χ0) is 28.6. The molecule has 2 aromatic rings. The number of piperazine rings is 1. The minimum atomic E-state index is -5.83. The van der Waals surface area contributed by atoms with E-state index in [0.29, 0.717) is 30.4 Å². The van der Waals surface area contributed by atoms with Gasteiger partial charge in [-0.1, -0.05) is 23.8 Å². The number of sulfonamides is 1. The number of halogens is 3. The summed E-state index contributed by atoms with van der Waals surface area (Å²) in [7, 11) is -9.90. The number of hydrogen-bond donors (Lipinski definition) is 2. The van der Waals surface area contributed by atoms with Crippen LogP contribution in [-0.2, 0) is 36.2 Å². The van der Waals surface area contributed by atoms with E-state index < -0.39 is 61.7 Å². The molecule has 1 aliphatic heterocycles. The lowest BCUT2D eigenvalue weighted by Crippen LogP contribution is -2.58. The fourth-order valence-electron chi connectivity index (χ4n) is 4.62. The predicted molar refractivity (Wildman–Crippen MR) is 132 cm³/mol. The number of aryl methyl sites for hydroxylation is 2. The number of hydrogen-bond acceptors (Lipinski definition) is 7. The third-order valence-corrected chi connectivity index (χ3v) is 9.44. The highest BCUT2D eigenvalue weighted by Gasteiger charge is 2.48. The van der Waals surface area contributed by atoms with Gasteiger partial charge in [0.2, 0.25) is 21.8 Å². The van der Waals surface area contributed by atoms with E-state index in [9.17, 15) is 39.6 Å². The summed E-state index contributed by atoms with van der Waals surface area (Å²) in [6.07, 6.45) is 0.972. The number of rotatable bonds is 7. The first-order chi connectivity index (χ1) is 18.2. The molecule has 2 amide bonds. The maximum atomic E-state index is 13.3. The highest BCUT2D eigenvalue weighted by atomic mass is 32.2. The van der Waals surface area contributed by atoms with Gasteiger partial charge in [0.25, 0.3) is 0 Å². The van der Waals surface area contributed by atoms with Crippen molar-refractivity contribution in [2.45, 2.75) is 55.1 Å². The van der Waals surface area contributed by atoms with Gasteiger partial charge in [0.15, 0.2) is 0 Å². The Balaban J connectivity index is 1.50. The maximum Gasteiger partial charge on any atom is 0.534 e. The summed E-state index contributed by atoms with van der Waals surface area (Å²) < 4.78 is 92.4. The van der Waals surface area contributed by atoms with E-state index in [2.05, 4.69) is 14.8 Å². The van der Waals surface area contributed by atoms with Crippen LogP contribution in [0, 0.1) is 6.92 Å². The van der Waals surface area contributed by atoms with E-state index in [4.69, 9.17) is 0 Å². The summed E-state index contributed by atoms with van der Waals surface area (Å²) in [6, 6.07) is 7.90. The first kappa shape index (κ1) is 28.8. The van der Waals surface area contributed by atoms with Crippen molar-refractivity contribution in [1.82, 2.24) is 14.9 Å². The Kier molecular flexibility index (Phi) is 7.96. The lowest BCUT2D eigenvalue weighted by Gasteiger charge is -2.34. The van der Waals surface area contributed by atoms with Gasteiger partial charge in [-0.3, -0.25) is 9.59 Å². The van der Waals surface area contributed by atoms with Crippen LogP contribution in [0.3, 0.4) is 0 Å². The third kappa shape index (κ3) is 6.20. The average Bonchev–Trinajstić information content (AvgIpc) is 2.84. The molecule has 0 radical (unpaired) electrons. The molecule has 4 rings (SSSR count). The fraction of sp³-hybridized carbons (Fsp3) is 0.417. The van der Waals surface area contributed by atoms with Crippen LogP contribution in [0.5, 0.6) is 5.75 Å². The minimum absolute atomic E-state index is 0.0000218. The molecule has 0 saturated carbocycles. The van der Waals surface area contributed by atoms with Crippen LogP contribution < -0.4 is 14.8 Å². The molecule has 2 aromatic carbocycles. The standard InChI is InChI=1S/C24H26F3N3O7S2/c1-15-5-8-18(9-6-15)38(33,34)30-12-11-28-23(32)21(30)14-22(31)29-20-4-2-3-16-13-17(7-10-19(16)20)37-39(35,36)24(25,26)27/h5-10,13,20-21H,2-4,11-12,14H2,1H3,(H,28,32)(H,29,31)/t20-,21?/m1/s1. The van der Waals surface area contributed by atoms with Gasteiger partial charge in [0.05, 0.1) is 17.4 Å². The monoisotopic (exact) mass is 589 g/mol. The predicted octanol–water partition coefficient (Wildman–Crippen LogP) is 2.30. The lowest BCUT2D eigenvalue weighted by molar-refractivity contribution is -0.132. The highest BCUT2D eigenvalue weighted by molar-refractivity contribution is 7.89. The van der Waals surface area contributed by atoms with Gasteiger partial charge in [-0.05, 0) is 61.6 Å². The summed E-state index contributed by atoms with van der Waals surface area (Å²) in [5.74, 6) is -1.71. The van der Waals surface area contributed by atoms with Crippen molar-refractivity contribution in [2.75, 3.05) is 13.1 Å². The molecule has 2 atom stereocenters. The molecular formula is C24H26F3N3O7S2. The van der Waals surface area contributed by atoms with E-state index in [1.165, 1.54) is 24.3 Å². The number of carbonyl (C=O) groups is 2. The quantitative estimate of drug-likeness (QED) is 0.373. The topological polar surface area (TPSA) is 139 Å². The number of alkyl halides is 3. The van der Waals surface area contributed by atoms with E-state index in [1.54, 1.807) is 19.1 Å². The molecule has 1 aliphatic carbocycles. The van der Waals surface area contributed by atoms with Crippen molar-refractivity contribution in [3.8, 4) is 5.75 Å². The Morgan fingerprint density at radius 1 is 1.13 bits per heavy atom. The van der Waals surface area contributed by atoms with Crippen molar-refractivity contribution >= 4 is 32.0 Å². The number of fused-ring (bicyclic) bond motifs is 1. The minimum Gasteiger partial charge on any atom is -0.376 e. The lowest BCUT2D eigenvalue weighted by atomic mass is 9.87. The molecule has 1 unspecified atom stereocenters. The zero-order valence-corrected chi connectivity index (χ0v) is 22.3. The summed E-state index contributed by atoms with van der Waals surface area (Å²) >= 11 is 0. The summed E-state index contributed by atoms with van der Waals surface area (Å²) in [5, 5.41) is 5.36. The van der Waals surface area contributed by atoms with Crippen LogP contribution >= 0.6 is 0 Å². The average molecular weight is 590 g/mol. The Hall–Kier alpha value is -3.17. The molecule has 1 fully saturated rings. The second-order valence-electron chi connectivity index (χ2n) is 9.30. The number of carbonyl (C=O) groups excluding carboxylic acids is 2. The molecule has 1 saturated heterocycles. The molecule has 0 aromatic heterocycles. The SMILES string of the molecule is Cc1ccc(S(=O)(=O)N2CCNC(=O)C2CC(=O)N[C@@H]2CCCc3cc(OS(=O)(=O)C(F)(F)F)ccc32)cc1. The van der Waals surface area contributed by atoms with Crippen molar-refractivity contribution in [3.63, 3.8) is 0 Å². The second-order valence-corrected chi connectivity index (χ2v) is 12.7. The van der Waals surface area contributed by atoms with Crippen molar-refractivity contribution in [3.05, 3.63) is 59.2 Å². The molecular weight excluding hydrogens is 563 g/mol. The van der Waals surface area contributed by atoms with Crippen LogP contribution in [0.25, 0.3) is 0 Å². The van der Waals surface area contributed by atoms with Crippen LogP contribution in [0.4, 0.5) is 13.2 Å². The molecule has 0 bridgehead atoms. The molecule has 15 heteroatoms. The Bertz CT molecular complexity index is 1480. The molecule has 2 N–H and O–H groups in total. The first-order valence-corrected chi connectivity index (χ1v) is 14.8. The van der Waals surface area contributed by atoms with E-state index in [1.807, 2.05) is 0 Å².